The molecule has 1 aromatic rings. The van der Waals surface area contributed by atoms with Crippen LogP contribution in [0, 0.1) is 5.92 Å². The Morgan fingerprint density at radius 1 is 1.32 bits per heavy atom. The third kappa shape index (κ3) is 2.99. The summed E-state index contributed by atoms with van der Waals surface area (Å²) in [5, 5.41) is 2.90. The average molecular weight is 321 g/mol. The fourth-order valence-corrected chi connectivity index (χ4v) is 3.80. The zero-order valence-corrected chi connectivity index (χ0v) is 13.0. The highest BCUT2D eigenvalue weighted by molar-refractivity contribution is 7.90. The Hall–Kier alpha value is -1.89. The van der Waals surface area contributed by atoms with E-state index in [-0.39, 0.29) is 16.7 Å². The number of fused-ring (bicyclic) bond motifs is 1. The first-order valence-corrected chi connectivity index (χ1v) is 9.00. The van der Waals surface area contributed by atoms with Crippen molar-refractivity contribution in [3.63, 3.8) is 0 Å². The Balaban J connectivity index is 1.52. The monoisotopic (exact) mass is 321 g/mol. The molecule has 3 rings (SSSR count). The molecule has 0 unspecified atom stereocenters. The van der Waals surface area contributed by atoms with Gasteiger partial charge in [0.2, 0.25) is 5.91 Å². The van der Waals surface area contributed by atoms with E-state index < -0.39 is 10.0 Å². The number of benzene rings is 1. The third-order valence-corrected chi connectivity index (χ3v) is 5.44. The molecule has 0 atom stereocenters. The van der Waals surface area contributed by atoms with Crippen LogP contribution in [0.1, 0.15) is 31.2 Å². The first kappa shape index (κ1) is 15.0. The number of hydrogen-bond donors (Lipinski definition) is 2. The fraction of sp³-hybridized carbons (Fsp3) is 0.467. The second kappa shape index (κ2) is 6.08. The summed E-state index contributed by atoms with van der Waals surface area (Å²) >= 11 is 0. The number of nitrogens with zero attached hydrogens (tertiary/aromatic N) is 1. The normalized spacial score (nSPS) is 21.0. The van der Waals surface area contributed by atoms with Crippen molar-refractivity contribution < 1.29 is 13.2 Å². The van der Waals surface area contributed by atoms with Crippen molar-refractivity contribution in [1.82, 2.24) is 10.0 Å². The largest absolute Gasteiger partial charge is 0.356 e. The maximum atomic E-state index is 11.9. The highest BCUT2D eigenvalue weighted by Gasteiger charge is 2.29. The van der Waals surface area contributed by atoms with Crippen LogP contribution in [0.3, 0.4) is 0 Å². The minimum absolute atomic E-state index is 0.130. The van der Waals surface area contributed by atoms with Gasteiger partial charge in [0.05, 0.1) is 4.90 Å². The summed E-state index contributed by atoms with van der Waals surface area (Å²) in [6.45, 7) is 1.04. The van der Waals surface area contributed by atoms with Gasteiger partial charge in [-0.15, -0.1) is 0 Å². The maximum absolute atomic E-state index is 11.9. The highest BCUT2D eigenvalue weighted by atomic mass is 32.2. The van der Waals surface area contributed by atoms with Crippen LogP contribution in [-0.4, -0.2) is 33.3 Å². The average Bonchev–Trinajstić information content (AvgIpc) is 2.69. The van der Waals surface area contributed by atoms with E-state index in [4.69, 9.17) is 0 Å². The number of rotatable bonds is 5. The van der Waals surface area contributed by atoms with Crippen LogP contribution < -0.4 is 10.0 Å². The molecule has 1 aliphatic heterocycles. The van der Waals surface area contributed by atoms with Crippen molar-refractivity contribution in [1.29, 1.82) is 0 Å². The van der Waals surface area contributed by atoms with E-state index in [0.717, 1.165) is 19.3 Å². The second-order valence-electron chi connectivity index (χ2n) is 5.60. The van der Waals surface area contributed by atoms with E-state index in [9.17, 15) is 13.2 Å². The molecule has 1 fully saturated rings. The van der Waals surface area contributed by atoms with Crippen LogP contribution in [0.5, 0.6) is 0 Å². The van der Waals surface area contributed by atoms with Crippen LogP contribution >= 0.6 is 0 Å². The first-order valence-electron chi connectivity index (χ1n) is 7.52. The quantitative estimate of drug-likeness (QED) is 0.794. The number of carbonyl (C=O) groups is 1. The van der Waals surface area contributed by atoms with Crippen molar-refractivity contribution in [3.8, 4) is 0 Å². The number of nitrogens with one attached hydrogen (secondary N) is 2. The van der Waals surface area contributed by atoms with Crippen molar-refractivity contribution in [2.24, 2.45) is 10.9 Å². The lowest BCUT2D eigenvalue weighted by atomic mass is 9.85. The van der Waals surface area contributed by atoms with E-state index in [1.165, 1.54) is 0 Å². The molecule has 1 aliphatic carbocycles. The van der Waals surface area contributed by atoms with Gasteiger partial charge in [0.25, 0.3) is 10.0 Å². The van der Waals surface area contributed by atoms with Crippen LogP contribution in [0.15, 0.2) is 34.2 Å². The van der Waals surface area contributed by atoms with Gasteiger partial charge < -0.3 is 5.32 Å². The zero-order valence-electron chi connectivity index (χ0n) is 12.2. The Labute approximate surface area is 130 Å². The molecule has 1 aromatic carbocycles. The Bertz CT molecular complexity index is 708. The van der Waals surface area contributed by atoms with Crippen molar-refractivity contribution in [3.05, 3.63) is 29.8 Å². The lowest BCUT2D eigenvalue weighted by Gasteiger charge is -2.23. The summed E-state index contributed by atoms with van der Waals surface area (Å²) in [4.78, 5) is 16.2. The summed E-state index contributed by atoms with van der Waals surface area (Å²) in [5.74, 6) is 0.714. The van der Waals surface area contributed by atoms with E-state index >= 15 is 0 Å². The molecule has 1 saturated carbocycles. The molecule has 1 heterocycles. The lowest BCUT2D eigenvalue weighted by Crippen LogP contribution is -2.35. The van der Waals surface area contributed by atoms with Gasteiger partial charge in [-0.25, -0.2) is 8.42 Å². The second-order valence-corrected chi connectivity index (χ2v) is 7.26. The van der Waals surface area contributed by atoms with Crippen LogP contribution in [-0.2, 0) is 14.8 Å². The van der Waals surface area contributed by atoms with Gasteiger partial charge in [0.15, 0.2) is 0 Å². The Morgan fingerprint density at radius 3 is 2.82 bits per heavy atom. The first-order chi connectivity index (χ1) is 10.6. The fourth-order valence-electron chi connectivity index (χ4n) is 2.55. The van der Waals surface area contributed by atoms with Gasteiger partial charge in [-0.1, -0.05) is 18.6 Å². The molecule has 7 heteroatoms. The molecule has 0 spiro atoms. The van der Waals surface area contributed by atoms with Crippen LogP contribution in [0.25, 0.3) is 0 Å². The molecule has 2 N–H and O–H groups in total. The number of aliphatic imine (C=N–C) groups is 1. The summed E-state index contributed by atoms with van der Waals surface area (Å²) < 4.78 is 26.3. The molecular weight excluding hydrogens is 302 g/mol. The summed E-state index contributed by atoms with van der Waals surface area (Å²) in [6.07, 6.45) is 3.82. The number of amidine groups is 1. The minimum atomic E-state index is -3.47. The summed E-state index contributed by atoms with van der Waals surface area (Å²) in [5.41, 5.74) is 0.612. The van der Waals surface area contributed by atoms with E-state index in [0.29, 0.717) is 30.9 Å². The standard InChI is InChI=1S/C15H19N3O3S/c19-15(11-5-3-6-11)17-10-4-9-16-14-12-7-1-2-8-13(12)22(20,21)18-14/h1-2,7-8,11H,3-6,9-10H2,(H,16,18)(H,17,19). The molecule has 0 radical (unpaired) electrons. The topological polar surface area (TPSA) is 87.6 Å². The maximum Gasteiger partial charge on any atom is 0.263 e. The van der Waals surface area contributed by atoms with E-state index in [1.807, 2.05) is 0 Å². The van der Waals surface area contributed by atoms with E-state index in [2.05, 4.69) is 15.0 Å². The Morgan fingerprint density at radius 2 is 2.09 bits per heavy atom. The molecule has 0 bridgehead atoms. The molecule has 2 aliphatic rings. The Kier molecular flexibility index (Phi) is 4.15. The SMILES string of the molecule is O=C(NCCCN=C1NS(=O)(=O)c2ccccc21)C1CCC1. The van der Waals surface area contributed by atoms with Crippen molar-refractivity contribution >= 4 is 21.8 Å². The number of amides is 1. The molecular formula is C15H19N3O3S. The molecule has 6 nitrogen and oxygen atoms in total. The predicted molar refractivity (Wildman–Crippen MR) is 83.1 cm³/mol. The smallest absolute Gasteiger partial charge is 0.263 e. The van der Waals surface area contributed by atoms with Gasteiger partial charge in [0, 0.05) is 24.6 Å². The lowest BCUT2D eigenvalue weighted by molar-refractivity contribution is -0.127. The van der Waals surface area contributed by atoms with E-state index in [1.54, 1.807) is 24.3 Å². The number of hydrogen-bond acceptors (Lipinski definition) is 4. The highest BCUT2D eigenvalue weighted by Crippen LogP contribution is 2.26. The van der Waals surface area contributed by atoms with Gasteiger partial charge in [-0.05, 0) is 31.4 Å². The van der Waals surface area contributed by atoms with Gasteiger partial charge in [-0.2, -0.15) is 0 Å². The van der Waals surface area contributed by atoms with Crippen molar-refractivity contribution in [2.75, 3.05) is 13.1 Å². The summed E-state index contributed by atoms with van der Waals surface area (Å²) in [6, 6.07) is 6.79. The molecule has 22 heavy (non-hydrogen) atoms. The molecule has 1 amide bonds. The zero-order chi connectivity index (χ0) is 15.6. The van der Waals surface area contributed by atoms with Crippen LogP contribution in [0.2, 0.25) is 0 Å². The van der Waals surface area contributed by atoms with Crippen LogP contribution in [0.4, 0.5) is 0 Å². The molecule has 0 saturated heterocycles. The summed E-state index contributed by atoms with van der Waals surface area (Å²) in [7, 11) is -3.47. The third-order valence-electron chi connectivity index (χ3n) is 4.04. The molecule has 0 aromatic heterocycles. The molecule has 118 valence electrons. The predicted octanol–water partition coefficient (Wildman–Crippen LogP) is 1.03. The minimum Gasteiger partial charge on any atom is -0.356 e. The number of sulfonamides is 1. The number of carbonyl (C=O) groups excluding carboxylic acids is 1. The van der Waals surface area contributed by atoms with Crippen molar-refractivity contribution in [2.45, 2.75) is 30.6 Å². The van der Waals surface area contributed by atoms with Gasteiger partial charge >= 0.3 is 0 Å². The van der Waals surface area contributed by atoms with Gasteiger partial charge in [-0.3, -0.25) is 14.5 Å². The van der Waals surface area contributed by atoms with Gasteiger partial charge in [0.1, 0.15) is 5.84 Å².